The first-order valence-electron chi connectivity index (χ1n) is 11.5. The highest BCUT2D eigenvalue weighted by Crippen LogP contribution is 2.42. The fourth-order valence-electron chi connectivity index (χ4n) is 4.46. The van der Waals surface area contributed by atoms with Crippen molar-refractivity contribution in [3.8, 4) is 0 Å². The van der Waals surface area contributed by atoms with Crippen LogP contribution in [0.4, 0.5) is 0 Å². The molecule has 3 aromatic carbocycles. The normalized spacial score (nSPS) is 12.8. The molecule has 0 aliphatic heterocycles. The van der Waals surface area contributed by atoms with Crippen LogP contribution in [0, 0.1) is 5.92 Å². The fourth-order valence-corrected chi connectivity index (χ4v) is 4.46. The lowest BCUT2D eigenvalue weighted by Crippen LogP contribution is -2.48. The molecule has 0 aliphatic rings. The van der Waals surface area contributed by atoms with Crippen LogP contribution in [0.3, 0.4) is 0 Å². The van der Waals surface area contributed by atoms with Crippen LogP contribution in [0.5, 0.6) is 0 Å². The van der Waals surface area contributed by atoms with Crippen molar-refractivity contribution in [2.45, 2.75) is 31.2 Å². The van der Waals surface area contributed by atoms with E-state index in [1.807, 2.05) is 91.0 Å². The zero-order valence-corrected chi connectivity index (χ0v) is 20.3. The lowest BCUT2D eigenvalue weighted by Gasteiger charge is -2.36. The Labute approximate surface area is 206 Å². The number of ether oxygens (including phenoxy) is 2. The van der Waals surface area contributed by atoms with Crippen LogP contribution in [-0.2, 0) is 29.3 Å². The number of methoxy groups -OCH3 is 2. The summed E-state index contributed by atoms with van der Waals surface area (Å²) in [7, 11) is 2.54. The van der Waals surface area contributed by atoms with Crippen molar-refractivity contribution in [2.75, 3.05) is 14.2 Å². The standard InChI is InChI=1S/C29H31NO5/c1-21(19-26(32)34-2)27(28(33)35-3)30-25(31)20-29(22-13-7-4-8-14-22,23-15-9-5-10-16-23)24-17-11-6-12-18-24/h4-18,21,27H,19-20H2,1-3H3,(H,30,31)/t21-,27+/m0/s1. The molecule has 6 heteroatoms. The van der Waals surface area contributed by atoms with E-state index < -0.39 is 29.3 Å². The fraction of sp³-hybridized carbons (Fsp3) is 0.276. The SMILES string of the molecule is COC(=O)C[C@H](C)[C@@H](NC(=O)CC(c1ccccc1)(c1ccccc1)c1ccccc1)C(=O)OC. The maximum absolute atomic E-state index is 13.6. The first kappa shape index (κ1) is 25.7. The van der Waals surface area contributed by atoms with E-state index in [0.29, 0.717) is 0 Å². The molecule has 0 fully saturated rings. The smallest absolute Gasteiger partial charge is 0.328 e. The number of carbonyl (C=O) groups excluding carboxylic acids is 3. The van der Waals surface area contributed by atoms with Crippen molar-refractivity contribution in [3.63, 3.8) is 0 Å². The molecule has 0 radical (unpaired) electrons. The Hall–Kier alpha value is -3.93. The zero-order valence-electron chi connectivity index (χ0n) is 20.3. The summed E-state index contributed by atoms with van der Waals surface area (Å²) >= 11 is 0. The minimum Gasteiger partial charge on any atom is -0.469 e. The van der Waals surface area contributed by atoms with Gasteiger partial charge in [-0.15, -0.1) is 0 Å². The van der Waals surface area contributed by atoms with Gasteiger partial charge in [-0.3, -0.25) is 9.59 Å². The number of benzene rings is 3. The molecule has 35 heavy (non-hydrogen) atoms. The van der Waals surface area contributed by atoms with E-state index in [4.69, 9.17) is 9.47 Å². The summed E-state index contributed by atoms with van der Waals surface area (Å²) in [5.74, 6) is -1.93. The molecule has 1 amide bonds. The first-order valence-corrected chi connectivity index (χ1v) is 11.5. The van der Waals surface area contributed by atoms with Crippen LogP contribution in [0.1, 0.15) is 36.5 Å². The highest BCUT2D eigenvalue weighted by atomic mass is 16.5. The summed E-state index contributed by atoms with van der Waals surface area (Å²) in [5.41, 5.74) is 2.04. The average molecular weight is 474 g/mol. The van der Waals surface area contributed by atoms with Gasteiger partial charge in [-0.1, -0.05) is 97.9 Å². The molecule has 6 nitrogen and oxygen atoms in total. The highest BCUT2D eigenvalue weighted by Gasteiger charge is 2.40. The molecule has 182 valence electrons. The minimum absolute atomic E-state index is 0.0300. The maximum atomic E-state index is 13.6. The van der Waals surface area contributed by atoms with E-state index in [0.717, 1.165) is 16.7 Å². The van der Waals surface area contributed by atoms with E-state index >= 15 is 0 Å². The quantitative estimate of drug-likeness (QED) is 0.351. The Morgan fingerprint density at radius 2 is 1.17 bits per heavy atom. The molecule has 0 heterocycles. The van der Waals surface area contributed by atoms with Gasteiger partial charge in [-0.2, -0.15) is 0 Å². The number of amides is 1. The van der Waals surface area contributed by atoms with E-state index in [1.165, 1.54) is 14.2 Å². The predicted octanol–water partition coefficient (Wildman–Crippen LogP) is 4.27. The second-order valence-corrected chi connectivity index (χ2v) is 8.51. The van der Waals surface area contributed by atoms with Crippen LogP contribution < -0.4 is 5.32 Å². The Morgan fingerprint density at radius 3 is 1.54 bits per heavy atom. The summed E-state index contributed by atoms with van der Waals surface area (Å²) in [6.07, 6.45) is 0.0151. The van der Waals surface area contributed by atoms with Crippen molar-refractivity contribution in [1.29, 1.82) is 0 Å². The number of esters is 2. The van der Waals surface area contributed by atoms with E-state index in [9.17, 15) is 14.4 Å². The Balaban J connectivity index is 2.05. The van der Waals surface area contributed by atoms with Crippen molar-refractivity contribution in [3.05, 3.63) is 108 Å². The largest absolute Gasteiger partial charge is 0.469 e. The lowest BCUT2D eigenvalue weighted by molar-refractivity contribution is -0.148. The second-order valence-electron chi connectivity index (χ2n) is 8.51. The minimum atomic E-state index is -0.994. The average Bonchev–Trinajstić information content (AvgIpc) is 2.91. The van der Waals surface area contributed by atoms with Crippen molar-refractivity contribution in [1.82, 2.24) is 5.32 Å². The molecule has 0 aromatic heterocycles. The molecular formula is C29H31NO5. The van der Waals surface area contributed by atoms with Gasteiger partial charge >= 0.3 is 11.9 Å². The lowest BCUT2D eigenvalue weighted by atomic mass is 9.67. The van der Waals surface area contributed by atoms with Gasteiger partial charge in [-0.05, 0) is 22.6 Å². The van der Waals surface area contributed by atoms with Crippen LogP contribution >= 0.6 is 0 Å². The Bertz CT molecular complexity index is 1020. The van der Waals surface area contributed by atoms with Gasteiger partial charge in [-0.25, -0.2) is 4.79 Å². The number of carbonyl (C=O) groups is 3. The van der Waals surface area contributed by atoms with Crippen LogP contribution in [-0.4, -0.2) is 38.1 Å². The summed E-state index contributed by atoms with van der Waals surface area (Å²) in [5, 5.41) is 2.84. The van der Waals surface area contributed by atoms with Gasteiger partial charge in [0.15, 0.2) is 0 Å². The first-order chi connectivity index (χ1) is 16.9. The molecule has 0 unspecified atom stereocenters. The second kappa shape index (κ2) is 12.0. The van der Waals surface area contributed by atoms with E-state index in [-0.39, 0.29) is 18.7 Å². The number of rotatable bonds is 10. The van der Waals surface area contributed by atoms with Crippen molar-refractivity contribution < 1.29 is 23.9 Å². The molecule has 3 rings (SSSR count). The number of hydrogen-bond donors (Lipinski definition) is 1. The summed E-state index contributed by atoms with van der Waals surface area (Å²) in [6.45, 7) is 1.71. The third-order valence-electron chi connectivity index (χ3n) is 6.28. The van der Waals surface area contributed by atoms with Crippen LogP contribution in [0.15, 0.2) is 91.0 Å². The van der Waals surface area contributed by atoms with E-state index in [2.05, 4.69) is 5.32 Å². The molecule has 0 spiro atoms. The molecule has 0 saturated heterocycles. The Morgan fingerprint density at radius 1 is 0.743 bits per heavy atom. The summed E-state index contributed by atoms with van der Waals surface area (Å²) < 4.78 is 9.67. The topological polar surface area (TPSA) is 81.7 Å². The maximum Gasteiger partial charge on any atom is 0.328 e. The van der Waals surface area contributed by atoms with Gasteiger partial charge in [0.05, 0.1) is 26.1 Å². The van der Waals surface area contributed by atoms with Gasteiger partial charge in [0.25, 0.3) is 0 Å². The third kappa shape index (κ3) is 5.96. The van der Waals surface area contributed by atoms with Crippen molar-refractivity contribution in [2.24, 2.45) is 5.92 Å². The molecule has 2 atom stereocenters. The summed E-state index contributed by atoms with van der Waals surface area (Å²) in [4.78, 5) is 38.0. The predicted molar refractivity (Wildman–Crippen MR) is 134 cm³/mol. The van der Waals surface area contributed by atoms with Gasteiger partial charge in [0, 0.05) is 6.42 Å². The zero-order chi connectivity index (χ0) is 25.3. The molecule has 0 bridgehead atoms. The van der Waals surface area contributed by atoms with Crippen molar-refractivity contribution >= 4 is 17.8 Å². The molecule has 0 aliphatic carbocycles. The summed E-state index contributed by atoms with van der Waals surface area (Å²) in [6, 6.07) is 28.5. The molecule has 0 saturated carbocycles. The third-order valence-corrected chi connectivity index (χ3v) is 6.28. The van der Waals surface area contributed by atoms with Gasteiger partial charge in [0.2, 0.25) is 5.91 Å². The molecule has 3 aromatic rings. The molecule has 1 N–H and O–H groups in total. The monoisotopic (exact) mass is 473 g/mol. The number of nitrogens with one attached hydrogen (secondary N) is 1. The Kier molecular flexibility index (Phi) is 8.79. The van der Waals surface area contributed by atoms with Gasteiger partial charge in [0.1, 0.15) is 6.04 Å². The highest BCUT2D eigenvalue weighted by molar-refractivity contribution is 5.87. The number of hydrogen-bond acceptors (Lipinski definition) is 5. The van der Waals surface area contributed by atoms with E-state index in [1.54, 1.807) is 6.92 Å². The van der Waals surface area contributed by atoms with Crippen LogP contribution in [0.2, 0.25) is 0 Å². The molecular weight excluding hydrogens is 442 g/mol. The van der Waals surface area contributed by atoms with Crippen LogP contribution in [0.25, 0.3) is 0 Å². The van der Waals surface area contributed by atoms with Gasteiger partial charge < -0.3 is 14.8 Å².